The van der Waals surface area contributed by atoms with E-state index in [1.165, 1.54) is 0 Å². The maximum absolute atomic E-state index is 5.73. The zero-order chi connectivity index (χ0) is 11.7. The fraction of sp³-hybridized carbons (Fsp3) is 0.250. The number of benzene rings is 1. The van der Waals surface area contributed by atoms with Crippen LogP contribution in [0.2, 0.25) is 0 Å². The first-order valence-electron chi connectivity index (χ1n) is 5.00. The zero-order valence-electron chi connectivity index (χ0n) is 9.57. The van der Waals surface area contributed by atoms with Gasteiger partial charge in [0.05, 0.1) is 18.4 Å². The molecule has 0 saturated carbocycles. The van der Waals surface area contributed by atoms with E-state index >= 15 is 0 Å². The van der Waals surface area contributed by atoms with Gasteiger partial charge in [0.15, 0.2) is 0 Å². The summed E-state index contributed by atoms with van der Waals surface area (Å²) < 4.78 is 10.2. The monoisotopic (exact) mass is 218 g/mol. The number of rotatable bonds is 2. The molecule has 0 aliphatic heterocycles. The van der Waals surface area contributed by atoms with Gasteiger partial charge in [0.1, 0.15) is 5.75 Å². The molecule has 0 unspecified atom stereocenters. The summed E-state index contributed by atoms with van der Waals surface area (Å²) in [6.07, 6.45) is 0. The summed E-state index contributed by atoms with van der Waals surface area (Å²) in [6, 6.07) is 5.87. The summed E-state index contributed by atoms with van der Waals surface area (Å²) in [5, 5.41) is 3.83. The maximum Gasteiger partial charge on any atom is 0.230 e. The van der Waals surface area contributed by atoms with Crippen LogP contribution in [0.4, 0.5) is 5.88 Å². The molecule has 0 aliphatic rings. The number of hydrogen-bond donors (Lipinski definition) is 1. The molecule has 84 valence electrons. The van der Waals surface area contributed by atoms with E-state index in [9.17, 15) is 0 Å². The normalized spacial score (nSPS) is 10.4. The van der Waals surface area contributed by atoms with Gasteiger partial charge in [-0.05, 0) is 37.1 Å². The zero-order valence-corrected chi connectivity index (χ0v) is 9.57. The molecule has 4 nitrogen and oxygen atoms in total. The van der Waals surface area contributed by atoms with Crippen molar-refractivity contribution in [3.8, 4) is 16.9 Å². The molecule has 0 amide bonds. The van der Waals surface area contributed by atoms with Gasteiger partial charge < -0.3 is 15.0 Å². The van der Waals surface area contributed by atoms with E-state index in [4.69, 9.17) is 15.0 Å². The van der Waals surface area contributed by atoms with Crippen LogP contribution in [0.5, 0.6) is 5.75 Å². The highest BCUT2D eigenvalue weighted by Gasteiger charge is 2.13. The minimum atomic E-state index is 0.349. The Morgan fingerprint density at radius 2 is 2.06 bits per heavy atom. The topological polar surface area (TPSA) is 61.3 Å². The van der Waals surface area contributed by atoms with E-state index < -0.39 is 0 Å². The van der Waals surface area contributed by atoms with Crippen molar-refractivity contribution in [2.45, 2.75) is 13.8 Å². The van der Waals surface area contributed by atoms with Crippen molar-refractivity contribution in [1.82, 2.24) is 5.16 Å². The average Bonchev–Trinajstić information content (AvgIpc) is 2.58. The van der Waals surface area contributed by atoms with Crippen molar-refractivity contribution in [2.24, 2.45) is 0 Å². The van der Waals surface area contributed by atoms with Crippen molar-refractivity contribution in [2.75, 3.05) is 12.8 Å². The van der Waals surface area contributed by atoms with Gasteiger partial charge in [-0.1, -0.05) is 11.2 Å². The fourth-order valence-corrected chi connectivity index (χ4v) is 1.77. The maximum atomic E-state index is 5.73. The Morgan fingerprint density at radius 3 is 2.56 bits per heavy atom. The van der Waals surface area contributed by atoms with Crippen molar-refractivity contribution < 1.29 is 9.26 Å². The highest BCUT2D eigenvalue weighted by molar-refractivity contribution is 5.75. The molecule has 2 aromatic rings. The Morgan fingerprint density at radius 1 is 1.31 bits per heavy atom. The Hall–Kier alpha value is -1.97. The first-order valence-corrected chi connectivity index (χ1v) is 5.00. The van der Waals surface area contributed by atoms with Gasteiger partial charge in [-0.3, -0.25) is 0 Å². The van der Waals surface area contributed by atoms with E-state index in [-0.39, 0.29) is 0 Å². The van der Waals surface area contributed by atoms with Crippen LogP contribution in [-0.2, 0) is 0 Å². The van der Waals surface area contributed by atoms with Crippen LogP contribution < -0.4 is 10.5 Å². The Bertz CT molecular complexity index is 498. The Balaban J connectivity index is 2.53. The highest BCUT2D eigenvalue weighted by Crippen LogP contribution is 2.32. The lowest BCUT2D eigenvalue weighted by atomic mass is 10.0. The van der Waals surface area contributed by atoms with Gasteiger partial charge in [0.2, 0.25) is 5.88 Å². The molecule has 2 rings (SSSR count). The molecule has 1 aromatic heterocycles. The molecular weight excluding hydrogens is 204 g/mol. The largest absolute Gasteiger partial charge is 0.496 e. The van der Waals surface area contributed by atoms with Crippen molar-refractivity contribution in [1.29, 1.82) is 0 Å². The van der Waals surface area contributed by atoms with Crippen LogP contribution in [0.25, 0.3) is 11.1 Å². The summed E-state index contributed by atoms with van der Waals surface area (Å²) in [6.45, 7) is 3.86. The van der Waals surface area contributed by atoms with Gasteiger partial charge in [0, 0.05) is 0 Å². The second kappa shape index (κ2) is 3.89. The molecule has 0 bridgehead atoms. The van der Waals surface area contributed by atoms with E-state index in [1.807, 2.05) is 32.0 Å². The number of nitrogens with zero attached hydrogens (tertiary/aromatic N) is 1. The van der Waals surface area contributed by atoms with Gasteiger partial charge in [-0.2, -0.15) is 0 Å². The molecule has 1 heterocycles. The van der Waals surface area contributed by atoms with Gasteiger partial charge in [-0.25, -0.2) is 0 Å². The predicted octanol–water partition coefficient (Wildman–Crippen LogP) is 2.55. The molecule has 0 radical (unpaired) electrons. The molecular formula is C12H14N2O2. The van der Waals surface area contributed by atoms with E-state index in [0.717, 1.165) is 28.1 Å². The number of methoxy groups -OCH3 is 1. The van der Waals surface area contributed by atoms with Gasteiger partial charge >= 0.3 is 0 Å². The molecule has 4 heteroatoms. The second-order valence-corrected chi connectivity index (χ2v) is 3.69. The van der Waals surface area contributed by atoms with E-state index in [2.05, 4.69) is 5.16 Å². The number of hydrogen-bond acceptors (Lipinski definition) is 4. The third-order valence-corrected chi connectivity index (χ3v) is 2.57. The lowest BCUT2D eigenvalue weighted by Gasteiger charge is -2.06. The van der Waals surface area contributed by atoms with Crippen LogP contribution in [0, 0.1) is 13.8 Å². The molecule has 0 fully saturated rings. The minimum absolute atomic E-state index is 0.349. The number of aromatic nitrogens is 1. The number of anilines is 1. The van der Waals surface area contributed by atoms with Gasteiger partial charge in [0.25, 0.3) is 0 Å². The third kappa shape index (κ3) is 1.62. The molecule has 0 spiro atoms. The van der Waals surface area contributed by atoms with Crippen LogP contribution in [-0.4, -0.2) is 12.3 Å². The molecule has 16 heavy (non-hydrogen) atoms. The third-order valence-electron chi connectivity index (χ3n) is 2.57. The van der Waals surface area contributed by atoms with Crippen molar-refractivity contribution >= 4 is 5.88 Å². The average molecular weight is 218 g/mol. The minimum Gasteiger partial charge on any atom is -0.496 e. The van der Waals surface area contributed by atoms with Crippen LogP contribution in [0.15, 0.2) is 22.7 Å². The molecule has 1 aromatic carbocycles. The second-order valence-electron chi connectivity index (χ2n) is 3.69. The molecule has 0 saturated heterocycles. The first-order chi connectivity index (χ1) is 7.63. The number of ether oxygens (including phenoxy) is 1. The number of nitrogen functional groups attached to an aromatic ring is 1. The summed E-state index contributed by atoms with van der Waals surface area (Å²) in [5.74, 6) is 1.21. The number of aryl methyl sites for hydroxylation is 2. The predicted molar refractivity (Wildman–Crippen MR) is 62.4 cm³/mol. The standard InChI is InChI=1S/C12H14N2O2/c1-7-6-9(4-5-10(7)15-3)11-8(2)14-16-12(11)13/h4-6H,13H2,1-3H3. The lowest BCUT2D eigenvalue weighted by molar-refractivity contribution is 0.412. The lowest BCUT2D eigenvalue weighted by Crippen LogP contribution is -1.90. The Labute approximate surface area is 94.0 Å². The first kappa shape index (κ1) is 10.5. The SMILES string of the molecule is COc1ccc(-c2c(C)noc2N)cc1C. The summed E-state index contributed by atoms with van der Waals surface area (Å²) in [5.41, 5.74) is 9.43. The van der Waals surface area contributed by atoms with Crippen LogP contribution >= 0.6 is 0 Å². The smallest absolute Gasteiger partial charge is 0.230 e. The van der Waals surface area contributed by atoms with Crippen molar-refractivity contribution in [3.05, 3.63) is 29.5 Å². The summed E-state index contributed by atoms with van der Waals surface area (Å²) >= 11 is 0. The molecule has 0 atom stereocenters. The van der Waals surface area contributed by atoms with Crippen LogP contribution in [0.3, 0.4) is 0 Å². The highest BCUT2D eigenvalue weighted by atomic mass is 16.5. The van der Waals surface area contributed by atoms with Gasteiger partial charge in [-0.15, -0.1) is 0 Å². The number of nitrogens with two attached hydrogens (primary N) is 1. The quantitative estimate of drug-likeness (QED) is 0.841. The molecule has 2 N–H and O–H groups in total. The van der Waals surface area contributed by atoms with E-state index in [1.54, 1.807) is 7.11 Å². The fourth-order valence-electron chi connectivity index (χ4n) is 1.77. The van der Waals surface area contributed by atoms with Crippen LogP contribution in [0.1, 0.15) is 11.3 Å². The summed E-state index contributed by atoms with van der Waals surface area (Å²) in [4.78, 5) is 0. The molecule has 0 aliphatic carbocycles. The Kier molecular flexibility index (Phi) is 2.56. The van der Waals surface area contributed by atoms with E-state index in [0.29, 0.717) is 5.88 Å². The summed E-state index contributed by atoms with van der Waals surface area (Å²) in [7, 11) is 1.65. The van der Waals surface area contributed by atoms with Crippen molar-refractivity contribution in [3.63, 3.8) is 0 Å².